The molecule has 0 aromatic heterocycles. The van der Waals surface area contributed by atoms with E-state index in [0.717, 1.165) is 5.02 Å². The van der Waals surface area contributed by atoms with Gasteiger partial charge in [0.1, 0.15) is 0 Å². The maximum absolute atomic E-state index is 5.82. The number of halogens is 1. The lowest BCUT2D eigenvalue weighted by Gasteiger charge is -1.99. The molecule has 0 atom stereocenters. The minimum absolute atomic E-state index is 0.795. The molecule has 0 heterocycles. The first kappa shape index (κ1) is 8.35. The Kier molecular flexibility index (Phi) is 2.72. The molecule has 11 heavy (non-hydrogen) atoms. The molecule has 0 radical (unpaired) electrons. The first-order chi connectivity index (χ1) is 5.24. The molecule has 0 aliphatic carbocycles. The van der Waals surface area contributed by atoms with E-state index in [-0.39, 0.29) is 0 Å². The highest BCUT2D eigenvalue weighted by Gasteiger charge is 1.93. The first-order valence-corrected chi connectivity index (χ1v) is 4.00. The average molecular weight is 167 g/mol. The van der Waals surface area contributed by atoms with Crippen LogP contribution in [0.25, 0.3) is 6.08 Å². The van der Waals surface area contributed by atoms with Crippen LogP contribution in [-0.4, -0.2) is 0 Å². The average Bonchev–Trinajstić information content (AvgIpc) is 1.98. The van der Waals surface area contributed by atoms with Gasteiger partial charge in [0.25, 0.3) is 0 Å². The number of rotatable bonds is 1. The predicted molar refractivity (Wildman–Crippen MR) is 50.9 cm³/mol. The zero-order chi connectivity index (χ0) is 8.27. The van der Waals surface area contributed by atoms with Gasteiger partial charge in [-0.15, -0.1) is 0 Å². The molecule has 0 bridgehead atoms. The number of aryl methyl sites for hydroxylation is 1. The summed E-state index contributed by atoms with van der Waals surface area (Å²) in [6.07, 6.45) is 4.07. The standard InChI is InChI=1S/C10H11Cl/c1-3-4-9-7-10(11)6-5-8(9)2/h3-7H,1-2H3/b4-3+. The molecule has 58 valence electrons. The predicted octanol–water partition coefficient (Wildman–Crippen LogP) is 3.68. The summed E-state index contributed by atoms with van der Waals surface area (Å²) < 4.78 is 0. The zero-order valence-corrected chi connectivity index (χ0v) is 7.52. The van der Waals surface area contributed by atoms with Gasteiger partial charge in [-0.05, 0) is 37.1 Å². The molecule has 0 amide bonds. The summed E-state index contributed by atoms with van der Waals surface area (Å²) in [7, 11) is 0. The van der Waals surface area contributed by atoms with Crippen molar-refractivity contribution in [2.45, 2.75) is 13.8 Å². The Morgan fingerprint density at radius 2 is 2.09 bits per heavy atom. The van der Waals surface area contributed by atoms with E-state index in [1.165, 1.54) is 11.1 Å². The fourth-order valence-corrected chi connectivity index (χ4v) is 1.15. The van der Waals surface area contributed by atoms with Crippen LogP contribution in [0.5, 0.6) is 0 Å². The second kappa shape index (κ2) is 3.59. The molecule has 1 aromatic carbocycles. The van der Waals surface area contributed by atoms with Gasteiger partial charge in [0.2, 0.25) is 0 Å². The molecule has 0 saturated heterocycles. The van der Waals surface area contributed by atoms with Gasteiger partial charge < -0.3 is 0 Å². The molecule has 0 unspecified atom stereocenters. The van der Waals surface area contributed by atoms with Crippen LogP contribution in [-0.2, 0) is 0 Å². The Balaban J connectivity index is 3.12. The summed E-state index contributed by atoms with van der Waals surface area (Å²) in [5, 5.41) is 0.795. The molecule has 0 saturated carbocycles. The van der Waals surface area contributed by atoms with Crippen molar-refractivity contribution in [3.05, 3.63) is 40.4 Å². The Bertz CT molecular complexity index is 274. The molecule has 1 heteroatoms. The van der Waals surface area contributed by atoms with E-state index >= 15 is 0 Å². The third-order valence-corrected chi connectivity index (χ3v) is 1.82. The minimum Gasteiger partial charge on any atom is -0.0871 e. The summed E-state index contributed by atoms with van der Waals surface area (Å²) in [6, 6.07) is 5.90. The van der Waals surface area contributed by atoms with E-state index in [4.69, 9.17) is 11.6 Å². The molecule has 0 aliphatic rings. The Labute approximate surface area is 72.5 Å². The van der Waals surface area contributed by atoms with Gasteiger partial charge in [0, 0.05) is 5.02 Å². The summed E-state index contributed by atoms with van der Waals surface area (Å²) in [4.78, 5) is 0. The summed E-state index contributed by atoms with van der Waals surface area (Å²) in [5.41, 5.74) is 2.45. The monoisotopic (exact) mass is 166 g/mol. The van der Waals surface area contributed by atoms with Gasteiger partial charge in [0.05, 0.1) is 0 Å². The van der Waals surface area contributed by atoms with Gasteiger partial charge in [0.15, 0.2) is 0 Å². The number of hydrogen-bond donors (Lipinski definition) is 0. The van der Waals surface area contributed by atoms with Gasteiger partial charge >= 0.3 is 0 Å². The van der Waals surface area contributed by atoms with E-state index in [2.05, 4.69) is 13.0 Å². The van der Waals surface area contributed by atoms with E-state index in [9.17, 15) is 0 Å². The van der Waals surface area contributed by atoms with Crippen molar-refractivity contribution in [1.29, 1.82) is 0 Å². The summed E-state index contributed by atoms with van der Waals surface area (Å²) in [6.45, 7) is 4.08. The highest BCUT2D eigenvalue weighted by molar-refractivity contribution is 6.30. The molecule has 0 aliphatic heterocycles. The van der Waals surface area contributed by atoms with Crippen molar-refractivity contribution in [3.8, 4) is 0 Å². The van der Waals surface area contributed by atoms with Crippen LogP contribution >= 0.6 is 11.6 Å². The number of benzene rings is 1. The maximum Gasteiger partial charge on any atom is 0.0412 e. The third-order valence-electron chi connectivity index (χ3n) is 1.59. The van der Waals surface area contributed by atoms with Crippen molar-refractivity contribution >= 4 is 17.7 Å². The van der Waals surface area contributed by atoms with Crippen molar-refractivity contribution in [3.63, 3.8) is 0 Å². The lowest BCUT2D eigenvalue weighted by molar-refractivity contribution is 1.44. The fraction of sp³-hybridized carbons (Fsp3) is 0.200. The summed E-state index contributed by atoms with van der Waals surface area (Å²) >= 11 is 5.82. The van der Waals surface area contributed by atoms with Crippen LogP contribution in [0.4, 0.5) is 0 Å². The molecular weight excluding hydrogens is 156 g/mol. The minimum atomic E-state index is 0.795. The Hall–Kier alpha value is -0.750. The van der Waals surface area contributed by atoms with Gasteiger partial charge in [-0.25, -0.2) is 0 Å². The molecule has 0 spiro atoms. The van der Waals surface area contributed by atoms with Crippen LogP contribution in [0.1, 0.15) is 18.1 Å². The first-order valence-electron chi connectivity index (χ1n) is 3.63. The van der Waals surface area contributed by atoms with Crippen LogP contribution in [0.3, 0.4) is 0 Å². The van der Waals surface area contributed by atoms with E-state index in [0.29, 0.717) is 0 Å². The maximum atomic E-state index is 5.82. The van der Waals surface area contributed by atoms with Crippen LogP contribution < -0.4 is 0 Å². The van der Waals surface area contributed by atoms with E-state index < -0.39 is 0 Å². The molecule has 0 fully saturated rings. The topological polar surface area (TPSA) is 0 Å². The second-order valence-corrected chi connectivity index (χ2v) is 2.94. The number of allylic oxidation sites excluding steroid dienone is 1. The van der Waals surface area contributed by atoms with Gasteiger partial charge in [-0.3, -0.25) is 0 Å². The molecule has 1 rings (SSSR count). The van der Waals surface area contributed by atoms with Crippen LogP contribution in [0.15, 0.2) is 24.3 Å². The van der Waals surface area contributed by atoms with Crippen molar-refractivity contribution in [2.24, 2.45) is 0 Å². The molecular formula is C10H11Cl. The molecule has 0 N–H and O–H groups in total. The Morgan fingerprint density at radius 1 is 1.36 bits per heavy atom. The second-order valence-electron chi connectivity index (χ2n) is 2.50. The third kappa shape index (κ3) is 2.09. The van der Waals surface area contributed by atoms with Crippen LogP contribution in [0.2, 0.25) is 5.02 Å². The normalized spacial score (nSPS) is 10.8. The fourth-order valence-electron chi connectivity index (χ4n) is 0.970. The Morgan fingerprint density at radius 3 is 2.73 bits per heavy atom. The summed E-state index contributed by atoms with van der Waals surface area (Å²) in [5.74, 6) is 0. The zero-order valence-electron chi connectivity index (χ0n) is 6.76. The van der Waals surface area contributed by atoms with Crippen molar-refractivity contribution in [2.75, 3.05) is 0 Å². The van der Waals surface area contributed by atoms with Crippen LogP contribution in [0, 0.1) is 6.92 Å². The highest BCUT2D eigenvalue weighted by atomic mass is 35.5. The van der Waals surface area contributed by atoms with E-state index in [1.54, 1.807) is 0 Å². The van der Waals surface area contributed by atoms with E-state index in [1.807, 2.05) is 31.2 Å². The quantitative estimate of drug-likeness (QED) is 0.597. The SMILES string of the molecule is C/C=C/c1cc(Cl)ccc1C. The van der Waals surface area contributed by atoms with Gasteiger partial charge in [-0.1, -0.05) is 29.8 Å². The molecule has 0 nitrogen and oxygen atoms in total. The van der Waals surface area contributed by atoms with Gasteiger partial charge in [-0.2, -0.15) is 0 Å². The largest absolute Gasteiger partial charge is 0.0871 e. The van der Waals surface area contributed by atoms with Crippen molar-refractivity contribution in [1.82, 2.24) is 0 Å². The lowest BCUT2D eigenvalue weighted by Crippen LogP contribution is -1.78. The lowest BCUT2D eigenvalue weighted by atomic mass is 10.1. The number of hydrogen-bond acceptors (Lipinski definition) is 0. The molecule has 1 aromatic rings. The van der Waals surface area contributed by atoms with Crippen molar-refractivity contribution < 1.29 is 0 Å². The smallest absolute Gasteiger partial charge is 0.0412 e. The highest BCUT2D eigenvalue weighted by Crippen LogP contribution is 2.16.